The van der Waals surface area contributed by atoms with Crippen LogP contribution in [0.15, 0.2) is 57.3 Å². The number of carbonyl (C=O) groups is 1. The van der Waals surface area contributed by atoms with Crippen LogP contribution in [-0.2, 0) is 22.5 Å². The molecule has 0 fully saturated rings. The van der Waals surface area contributed by atoms with Gasteiger partial charge in [0.2, 0.25) is 5.91 Å². The van der Waals surface area contributed by atoms with E-state index in [1.165, 1.54) is 18.3 Å². The predicted octanol–water partition coefficient (Wildman–Crippen LogP) is 3.37. The van der Waals surface area contributed by atoms with Crippen molar-refractivity contribution in [2.75, 3.05) is 11.9 Å². The minimum absolute atomic E-state index is 0.111. The van der Waals surface area contributed by atoms with Gasteiger partial charge in [-0.2, -0.15) is 0 Å². The lowest BCUT2D eigenvalue weighted by molar-refractivity contribution is -0.119. The third-order valence-electron chi connectivity index (χ3n) is 4.06. The number of benzene rings is 1. The highest BCUT2D eigenvalue weighted by Gasteiger charge is 2.12. The topological polar surface area (TPSA) is 115 Å². The van der Waals surface area contributed by atoms with Gasteiger partial charge in [-0.1, -0.05) is 30.3 Å². The van der Waals surface area contributed by atoms with Crippen LogP contribution < -0.4 is 16.4 Å². The van der Waals surface area contributed by atoms with Gasteiger partial charge in [0.15, 0.2) is 23.1 Å². The minimum Gasteiger partial charge on any atom is -0.458 e. The summed E-state index contributed by atoms with van der Waals surface area (Å²) >= 11 is 1.39. The molecule has 0 aliphatic heterocycles. The molecule has 3 rings (SSSR count). The molecule has 9 heteroatoms. The maximum Gasteiger partial charge on any atom is 0.217 e. The van der Waals surface area contributed by atoms with Crippen LogP contribution in [0.3, 0.4) is 0 Å². The quantitative estimate of drug-likeness (QED) is 0.356. The average Bonchev–Trinajstić information content (AvgIpc) is 3.36. The highest BCUT2D eigenvalue weighted by Crippen LogP contribution is 2.26. The Labute approximate surface area is 179 Å². The Kier molecular flexibility index (Phi) is 7.58. The van der Waals surface area contributed by atoms with Crippen molar-refractivity contribution >= 4 is 28.3 Å². The van der Waals surface area contributed by atoms with Crippen LogP contribution in [0.2, 0.25) is 0 Å². The van der Waals surface area contributed by atoms with Gasteiger partial charge < -0.3 is 25.5 Å². The Morgan fingerprint density at radius 2 is 2.10 bits per heavy atom. The number of nitrogens with one attached hydrogen (secondary N) is 2. The van der Waals surface area contributed by atoms with E-state index in [-0.39, 0.29) is 18.1 Å². The molecular formula is C21H25N5O3S. The summed E-state index contributed by atoms with van der Waals surface area (Å²) in [5.74, 6) is 1.40. The number of aromatic nitrogens is 1. The first-order valence-electron chi connectivity index (χ1n) is 9.58. The monoisotopic (exact) mass is 427 g/mol. The molecule has 0 saturated heterocycles. The molecule has 1 amide bonds. The molecule has 4 N–H and O–H groups in total. The van der Waals surface area contributed by atoms with Crippen LogP contribution in [-0.4, -0.2) is 29.7 Å². The first-order valence-corrected chi connectivity index (χ1v) is 10.5. The number of rotatable bonds is 9. The van der Waals surface area contributed by atoms with Crippen molar-refractivity contribution in [1.82, 2.24) is 10.3 Å². The van der Waals surface area contributed by atoms with Gasteiger partial charge in [-0.25, -0.2) is 9.98 Å². The first-order chi connectivity index (χ1) is 14.5. The number of carbonyl (C=O) groups excluding carboxylic acids is 1. The Bertz CT molecular complexity index is 983. The molecular weight excluding hydrogens is 402 g/mol. The molecule has 2 heterocycles. The Hall–Kier alpha value is -3.17. The largest absolute Gasteiger partial charge is 0.458 e. The Morgan fingerprint density at radius 1 is 1.30 bits per heavy atom. The number of thiazole rings is 1. The van der Waals surface area contributed by atoms with E-state index in [4.69, 9.17) is 14.9 Å². The molecule has 1 unspecified atom stereocenters. The molecule has 0 aliphatic rings. The normalized spacial score (nSPS) is 12.5. The average molecular weight is 428 g/mol. The number of nitrogens with zero attached hydrogens (tertiary/aromatic N) is 2. The van der Waals surface area contributed by atoms with Crippen molar-refractivity contribution in [2.45, 2.75) is 33.0 Å². The highest BCUT2D eigenvalue weighted by molar-refractivity contribution is 7.14. The Morgan fingerprint density at radius 3 is 2.83 bits per heavy atom. The summed E-state index contributed by atoms with van der Waals surface area (Å²) in [4.78, 5) is 20.0. The molecule has 1 atom stereocenters. The SMILES string of the molecule is CCOC(Cc1ccccc1)N=C(N)Nc1nc(-c2ccc(CNC(C)=O)o2)cs1. The summed E-state index contributed by atoms with van der Waals surface area (Å²) in [7, 11) is 0. The number of hydrogen-bond acceptors (Lipinski definition) is 6. The zero-order valence-corrected chi connectivity index (χ0v) is 17.7. The summed E-state index contributed by atoms with van der Waals surface area (Å²) in [6.45, 7) is 4.26. The molecule has 0 radical (unpaired) electrons. The van der Waals surface area contributed by atoms with E-state index in [1.54, 1.807) is 0 Å². The lowest BCUT2D eigenvalue weighted by Crippen LogP contribution is -2.27. The van der Waals surface area contributed by atoms with E-state index in [9.17, 15) is 4.79 Å². The fraction of sp³-hybridized carbons (Fsp3) is 0.286. The van der Waals surface area contributed by atoms with Gasteiger partial charge in [0, 0.05) is 25.3 Å². The molecule has 3 aromatic rings. The maximum atomic E-state index is 11.0. The third-order valence-corrected chi connectivity index (χ3v) is 4.82. The van der Waals surface area contributed by atoms with Gasteiger partial charge in [-0.15, -0.1) is 11.3 Å². The second-order valence-electron chi connectivity index (χ2n) is 6.45. The summed E-state index contributed by atoms with van der Waals surface area (Å²) in [6, 6.07) is 13.6. The molecule has 0 saturated carbocycles. The van der Waals surface area contributed by atoms with E-state index in [0.717, 1.165) is 5.56 Å². The Balaban J connectivity index is 1.63. The van der Waals surface area contributed by atoms with Crippen LogP contribution in [0.25, 0.3) is 11.5 Å². The van der Waals surface area contributed by atoms with Crippen molar-refractivity contribution < 1.29 is 13.9 Å². The summed E-state index contributed by atoms with van der Waals surface area (Å²) < 4.78 is 11.4. The number of hydrogen-bond donors (Lipinski definition) is 3. The molecule has 158 valence electrons. The van der Waals surface area contributed by atoms with E-state index in [0.29, 0.717) is 41.9 Å². The van der Waals surface area contributed by atoms with E-state index in [1.807, 2.05) is 54.8 Å². The van der Waals surface area contributed by atoms with E-state index in [2.05, 4.69) is 20.6 Å². The van der Waals surface area contributed by atoms with Crippen LogP contribution in [0.5, 0.6) is 0 Å². The molecule has 0 bridgehead atoms. The van der Waals surface area contributed by atoms with Crippen molar-refractivity contribution in [3.63, 3.8) is 0 Å². The first kappa shape index (κ1) is 21.5. The number of aliphatic imine (C=N–C) groups is 1. The summed E-state index contributed by atoms with van der Waals surface area (Å²) in [5, 5.41) is 8.17. The van der Waals surface area contributed by atoms with Gasteiger partial charge in [-0.05, 0) is 24.6 Å². The number of furan rings is 1. The molecule has 0 aliphatic carbocycles. The lowest BCUT2D eigenvalue weighted by atomic mass is 10.1. The summed E-state index contributed by atoms with van der Waals surface area (Å²) in [5.41, 5.74) is 7.87. The van der Waals surface area contributed by atoms with Crippen LogP contribution in [0.1, 0.15) is 25.2 Å². The van der Waals surface area contributed by atoms with Gasteiger partial charge >= 0.3 is 0 Å². The van der Waals surface area contributed by atoms with Crippen molar-refractivity contribution in [2.24, 2.45) is 10.7 Å². The molecule has 1 aromatic carbocycles. The van der Waals surface area contributed by atoms with Crippen LogP contribution >= 0.6 is 11.3 Å². The minimum atomic E-state index is -0.384. The highest BCUT2D eigenvalue weighted by atomic mass is 32.1. The maximum absolute atomic E-state index is 11.0. The molecule has 0 spiro atoms. The third kappa shape index (κ3) is 6.43. The number of ether oxygens (including phenoxy) is 1. The van der Waals surface area contributed by atoms with Gasteiger partial charge in [0.1, 0.15) is 11.5 Å². The molecule has 2 aromatic heterocycles. The number of amides is 1. The van der Waals surface area contributed by atoms with Crippen molar-refractivity contribution in [3.05, 3.63) is 59.2 Å². The van der Waals surface area contributed by atoms with Crippen molar-refractivity contribution in [3.8, 4) is 11.5 Å². The zero-order chi connectivity index (χ0) is 21.3. The number of guanidine groups is 1. The second kappa shape index (κ2) is 10.6. The predicted molar refractivity (Wildman–Crippen MR) is 118 cm³/mol. The molecule has 8 nitrogen and oxygen atoms in total. The van der Waals surface area contributed by atoms with Gasteiger partial charge in [0.25, 0.3) is 0 Å². The number of anilines is 1. The second-order valence-corrected chi connectivity index (χ2v) is 7.31. The standard InChI is InChI=1S/C21H25N5O3S/c1-3-28-19(11-15-7-5-4-6-8-15)25-20(22)26-21-24-17(13-30-21)18-10-9-16(29-18)12-23-14(2)27/h4-10,13,19H,3,11-12H2,1-2H3,(H,23,27)(H3,22,24,25,26). The lowest BCUT2D eigenvalue weighted by Gasteiger charge is -2.14. The fourth-order valence-electron chi connectivity index (χ4n) is 2.71. The van der Waals surface area contributed by atoms with Crippen LogP contribution in [0.4, 0.5) is 5.13 Å². The molecule has 30 heavy (non-hydrogen) atoms. The fourth-order valence-corrected chi connectivity index (χ4v) is 3.42. The van der Waals surface area contributed by atoms with Crippen LogP contribution in [0, 0.1) is 0 Å². The smallest absolute Gasteiger partial charge is 0.217 e. The summed E-state index contributed by atoms with van der Waals surface area (Å²) in [6.07, 6.45) is 0.245. The van der Waals surface area contributed by atoms with Crippen molar-refractivity contribution in [1.29, 1.82) is 0 Å². The van der Waals surface area contributed by atoms with Gasteiger partial charge in [0.05, 0.1) is 6.54 Å². The number of nitrogens with two attached hydrogens (primary N) is 1. The van der Waals surface area contributed by atoms with Gasteiger partial charge in [-0.3, -0.25) is 4.79 Å². The van der Waals surface area contributed by atoms with E-state index < -0.39 is 0 Å². The van der Waals surface area contributed by atoms with E-state index >= 15 is 0 Å². The zero-order valence-electron chi connectivity index (χ0n) is 16.9.